The maximum atomic E-state index is 12.0. The number of hydrogen-bond donors (Lipinski definition) is 2. The van der Waals surface area contributed by atoms with Crippen molar-refractivity contribution in [3.63, 3.8) is 0 Å². The van der Waals surface area contributed by atoms with Crippen molar-refractivity contribution >= 4 is 23.2 Å². The average molecular weight is 291 g/mol. The topological polar surface area (TPSA) is 64.3 Å². The number of nitrogen functional groups attached to an aromatic ring is 1. The van der Waals surface area contributed by atoms with Crippen LogP contribution in [0, 0.1) is 0 Å². The van der Waals surface area contributed by atoms with Gasteiger partial charge in [0.05, 0.1) is 17.7 Å². The summed E-state index contributed by atoms with van der Waals surface area (Å²) in [5.74, 6) is 0.549. The minimum absolute atomic E-state index is 0.231. The maximum absolute atomic E-state index is 12.0. The van der Waals surface area contributed by atoms with Crippen molar-refractivity contribution in [2.75, 3.05) is 12.8 Å². The van der Waals surface area contributed by atoms with Crippen LogP contribution < -0.4 is 15.8 Å². The smallest absolute Gasteiger partial charge is 0.253 e. The van der Waals surface area contributed by atoms with E-state index in [1.165, 1.54) is 0 Å². The number of ether oxygens (including phenoxy) is 1. The highest BCUT2D eigenvalue weighted by molar-refractivity contribution is 6.34. The molecule has 0 saturated carbocycles. The number of halogens is 1. The summed E-state index contributed by atoms with van der Waals surface area (Å²) in [6.07, 6.45) is 0. The summed E-state index contributed by atoms with van der Waals surface area (Å²) >= 11 is 5.99. The molecule has 0 heterocycles. The molecule has 0 aliphatic rings. The second kappa shape index (κ2) is 6.30. The molecular formula is C15H15ClN2O2. The number of amides is 1. The summed E-state index contributed by atoms with van der Waals surface area (Å²) in [5, 5.41) is 3.15. The zero-order chi connectivity index (χ0) is 14.5. The molecule has 0 atom stereocenters. The van der Waals surface area contributed by atoms with Gasteiger partial charge in [0, 0.05) is 12.2 Å². The average Bonchev–Trinajstić information content (AvgIpc) is 2.45. The molecule has 104 valence electrons. The zero-order valence-corrected chi connectivity index (χ0v) is 11.8. The molecule has 0 bridgehead atoms. The van der Waals surface area contributed by atoms with Crippen molar-refractivity contribution in [1.29, 1.82) is 0 Å². The third kappa shape index (κ3) is 3.42. The molecule has 0 aromatic heterocycles. The molecule has 1 amide bonds. The van der Waals surface area contributed by atoms with Crippen LogP contribution in [0.3, 0.4) is 0 Å². The molecule has 3 N–H and O–H groups in total. The second-order valence-corrected chi connectivity index (χ2v) is 4.68. The van der Waals surface area contributed by atoms with E-state index < -0.39 is 0 Å². The highest BCUT2D eigenvalue weighted by atomic mass is 35.5. The molecule has 2 aromatic carbocycles. The van der Waals surface area contributed by atoms with Crippen molar-refractivity contribution < 1.29 is 9.53 Å². The molecule has 5 heteroatoms. The van der Waals surface area contributed by atoms with Gasteiger partial charge in [-0.1, -0.05) is 23.7 Å². The summed E-state index contributed by atoms with van der Waals surface area (Å²) in [6, 6.07) is 12.3. The van der Waals surface area contributed by atoms with Crippen LogP contribution >= 0.6 is 11.6 Å². The first kappa shape index (κ1) is 14.2. The molecule has 0 unspecified atom stereocenters. The molecule has 2 rings (SSSR count). The number of benzene rings is 2. The summed E-state index contributed by atoms with van der Waals surface area (Å²) < 4.78 is 5.07. The van der Waals surface area contributed by atoms with Crippen LogP contribution in [0.25, 0.3) is 0 Å². The predicted octanol–water partition coefficient (Wildman–Crippen LogP) is 2.86. The number of methoxy groups -OCH3 is 1. The van der Waals surface area contributed by atoms with E-state index in [4.69, 9.17) is 22.1 Å². The van der Waals surface area contributed by atoms with E-state index in [1.807, 2.05) is 24.3 Å². The van der Waals surface area contributed by atoms with Gasteiger partial charge in [-0.3, -0.25) is 4.79 Å². The number of carbonyl (C=O) groups excluding carboxylic acids is 1. The van der Waals surface area contributed by atoms with Crippen LogP contribution in [-0.2, 0) is 6.54 Å². The normalized spacial score (nSPS) is 10.1. The maximum Gasteiger partial charge on any atom is 0.253 e. The van der Waals surface area contributed by atoms with Crippen molar-refractivity contribution in [3.05, 3.63) is 58.6 Å². The van der Waals surface area contributed by atoms with Gasteiger partial charge < -0.3 is 15.8 Å². The fraction of sp³-hybridized carbons (Fsp3) is 0.133. The second-order valence-electron chi connectivity index (χ2n) is 4.27. The van der Waals surface area contributed by atoms with Gasteiger partial charge in [-0.15, -0.1) is 0 Å². The first-order chi connectivity index (χ1) is 9.60. The van der Waals surface area contributed by atoms with E-state index in [-0.39, 0.29) is 5.91 Å². The fourth-order valence-corrected chi connectivity index (χ4v) is 2.01. The van der Waals surface area contributed by atoms with Gasteiger partial charge in [0.25, 0.3) is 5.91 Å². The highest BCUT2D eigenvalue weighted by Gasteiger charge is 2.10. The number of nitrogens with two attached hydrogens (primary N) is 1. The largest absolute Gasteiger partial charge is 0.497 e. The van der Waals surface area contributed by atoms with Crippen LogP contribution in [0.5, 0.6) is 5.75 Å². The number of rotatable bonds is 4. The molecule has 0 radical (unpaired) electrons. The van der Waals surface area contributed by atoms with Crippen molar-refractivity contribution in [1.82, 2.24) is 5.32 Å². The Morgan fingerprint density at radius 3 is 2.55 bits per heavy atom. The Morgan fingerprint density at radius 2 is 1.95 bits per heavy atom. The quantitative estimate of drug-likeness (QED) is 0.851. The summed E-state index contributed by atoms with van der Waals surface area (Å²) in [6.45, 7) is 0.420. The third-order valence-electron chi connectivity index (χ3n) is 2.85. The molecule has 2 aromatic rings. The highest BCUT2D eigenvalue weighted by Crippen LogP contribution is 2.19. The molecule has 0 spiro atoms. The molecule has 20 heavy (non-hydrogen) atoms. The van der Waals surface area contributed by atoms with Gasteiger partial charge >= 0.3 is 0 Å². The Morgan fingerprint density at radius 1 is 1.25 bits per heavy atom. The third-order valence-corrected chi connectivity index (χ3v) is 3.16. The lowest BCUT2D eigenvalue weighted by molar-refractivity contribution is 0.0951. The lowest BCUT2D eigenvalue weighted by atomic mass is 10.1. The van der Waals surface area contributed by atoms with Gasteiger partial charge in [0.2, 0.25) is 0 Å². The molecule has 0 aliphatic heterocycles. The van der Waals surface area contributed by atoms with Crippen molar-refractivity contribution in [2.24, 2.45) is 0 Å². The fourth-order valence-electron chi connectivity index (χ4n) is 1.74. The lowest BCUT2D eigenvalue weighted by Crippen LogP contribution is -2.23. The standard InChI is InChI=1S/C15H15ClN2O2/c1-20-12-5-2-10(3-6-12)9-18-15(19)13-7-4-11(17)8-14(13)16/h2-8H,9,17H2,1H3,(H,18,19). The molecular weight excluding hydrogens is 276 g/mol. The van der Waals surface area contributed by atoms with Gasteiger partial charge in [-0.2, -0.15) is 0 Å². The molecule has 0 aliphatic carbocycles. The predicted molar refractivity (Wildman–Crippen MR) is 80.0 cm³/mol. The minimum atomic E-state index is -0.231. The first-order valence-corrected chi connectivity index (χ1v) is 6.44. The SMILES string of the molecule is COc1ccc(CNC(=O)c2ccc(N)cc2Cl)cc1. The summed E-state index contributed by atoms with van der Waals surface area (Å²) in [5.41, 5.74) is 7.51. The number of nitrogens with one attached hydrogen (secondary N) is 1. The van der Waals surface area contributed by atoms with E-state index in [9.17, 15) is 4.79 Å². The van der Waals surface area contributed by atoms with E-state index in [1.54, 1.807) is 25.3 Å². The van der Waals surface area contributed by atoms with E-state index in [0.29, 0.717) is 22.8 Å². The van der Waals surface area contributed by atoms with Gasteiger partial charge in [-0.25, -0.2) is 0 Å². The van der Waals surface area contributed by atoms with E-state index in [2.05, 4.69) is 5.32 Å². The monoisotopic (exact) mass is 290 g/mol. The van der Waals surface area contributed by atoms with Crippen LogP contribution in [0.1, 0.15) is 15.9 Å². The van der Waals surface area contributed by atoms with Crippen molar-refractivity contribution in [3.8, 4) is 5.75 Å². The zero-order valence-electron chi connectivity index (χ0n) is 11.0. The van der Waals surface area contributed by atoms with E-state index in [0.717, 1.165) is 11.3 Å². The molecule has 4 nitrogen and oxygen atoms in total. The number of hydrogen-bond acceptors (Lipinski definition) is 3. The van der Waals surface area contributed by atoms with Crippen LogP contribution in [-0.4, -0.2) is 13.0 Å². The summed E-state index contributed by atoms with van der Waals surface area (Å²) in [7, 11) is 1.61. The number of anilines is 1. The van der Waals surface area contributed by atoms with Crippen LogP contribution in [0.15, 0.2) is 42.5 Å². The summed E-state index contributed by atoms with van der Waals surface area (Å²) in [4.78, 5) is 12.0. The lowest BCUT2D eigenvalue weighted by Gasteiger charge is -2.08. The number of carbonyl (C=O) groups is 1. The Bertz CT molecular complexity index is 612. The minimum Gasteiger partial charge on any atom is -0.497 e. The van der Waals surface area contributed by atoms with Crippen molar-refractivity contribution in [2.45, 2.75) is 6.54 Å². The Kier molecular flexibility index (Phi) is 4.48. The van der Waals surface area contributed by atoms with Gasteiger partial charge in [-0.05, 0) is 35.9 Å². The first-order valence-electron chi connectivity index (χ1n) is 6.06. The van der Waals surface area contributed by atoms with Crippen LogP contribution in [0.2, 0.25) is 5.02 Å². The van der Waals surface area contributed by atoms with Gasteiger partial charge in [0.15, 0.2) is 0 Å². The van der Waals surface area contributed by atoms with Gasteiger partial charge in [0.1, 0.15) is 5.75 Å². The molecule has 0 saturated heterocycles. The molecule has 0 fully saturated rings. The Labute approximate surface area is 122 Å². The van der Waals surface area contributed by atoms with Crippen LogP contribution in [0.4, 0.5) is 5.69 Å². The Balaban J connectivity index is 2.00. The van der Waals surface area contributed by atoms with E-state index >= 15 is 0 Å². The Hall–Kier alpha value is -2.20.